The van der Waals surface area contributed by atoms with E-state index >= 15 is 0 Å². The molecule has 0 spiro atoms. The second-order valence-electron chi connectivity index (χ2n) is 6.79. The van der Waals surface area contributed by atoms with Gasteiger partial charge in [-0.1, -0.05) is 0 Å². The van der Waals surface area contributed by atoms with Gasteiger partial charge in [-0.25, -0.2) is 0 Å². The van der Waals surface area contributed by atoms with E-state index in [1.165, 1.54) is 0 Å². The van der Waals surface area contributed by atoms with E-state index in [0.29, 0.717) is 24.3 Å². The van der Waals surface area contributed by atoms with E-state index in [2.05, 4.69) is 20.1 Å². The summed E-state index contributed by atoms with van der Waals surface area (Å²) in [5.74, 6) is 0.0204. The molecular formula is C21H21N5O2. The molecule has 1 aliphatic rings. The Kier molecular flexibility index (Phi) is 4.89. The number of H-pyrrole nitrogens is 1. The van der Waals surface area contributed by atoms with Crippen molar-refractivity contribution in [3.8, 4) is 11.3 Å². The van der Waals surface area contributed by atoms with Gasteiger partial charge in [-0.15, -0.1) is 0 Å². The predicted molar refractivity (Wildman–Crippen MR) is 106 cm³/mol. The third kappa shape index (κ3) is 3.64. The van der Waals surface area contributed by atoms with E-state index in [0.717, 1.165) is 30.0 Å². The molecule has 1 aromatic carbocycles. The minimum Gasteiger partial charge on any atom is -0.368 e. The number of carbonyl (C=O) groups is 2. The number of hydrogen-bond donors (Lipinski definition) is 1. The van der Waals surface area contributed by atoms with Crippen molar-refractivity contribution in [1.29, 1.82) is 0 Å². The number of rotatable bonds is 4. The summed E-state index contributed by atoms with van der Waals surface area (Å²) in [7, 11) is 0. The molecule has 3 heterocycles. The first kappa shape index (κ1) is 17.9. The predicted octanol–water partition coefficient (Wildman–Crippen LogP) is 2.64. The van der Waals surface area contributed by atoms with Crippen LogP contribution in [-0.4, -0.2) is 58.0 Å². The first-order valence-corrected chi connectivity index (χ1v) is 9.23. The lowest BCUT2D eigenvalue weighted by Crippen LogP contribution is -2.48. The Bertz CT molecular complexity index is 974. The molecule has 1 saturated heterocycles. The van der Waals surface area contributed by atoms with Crippen LogP contribution in [0, 0.1) is 0 Å². The van der Waals surface area contributed by atoms with E-state index in [-0.39, 0.29) is 11.7 Å². The van der Waals surface area contributed by atoms with E-state index in [4.69, 9.17) is 0 Å². The van der Waals surface area contributed by atoms with Crippen LogP contribution in [0.5, 0.6) is 0 Å². The van der Waals surface area contributed by atoms with Gasteiger partial charge in [-0.05, 0) is 49.4 Å². The maximum atomic E-state index is 12.8. The summed E-state index contributed by atoms with van der Waals surface area (Å²) in [6.07, 6.45) is 3.40. The zero-order valence-electron chi connectivity index (χ0n) is 15.6. The number of piperazine rings is 1. The van der Waals surface area contributed by atoms with Crippen molar-refractivity contribution in [3.63, 3.8) is 0 Å². The summed E-state index contributed by atoms with van der Waals surface area (Å²) < 4.78 is 0. The Balaban J connectivity index is 1.39. The van der Waals surface area contributed by atoms with Crippen LogP contribution in [0.25, 0.3) is 11.3 Å². The molecule has 0 saturated carbocycles. The van der Waals surface area contributed by atoms with Crippen LogP contribution in [0.4, 0.5) is 5.69 Å². The number of Topliss-reactive ketones (excluding diaryl/α,β-unsaturated/α-hetero) is 1. The molecule has 1 N–H and O–H groups in total. The second kappa shape index (κ2) is 7.64. The Morgan fingerprint density at radius 2 is 1.64 bits per heavy atom. The zero-order valence-corrected chi connectivity index (χ0v) is 15.6. The highest BCUT2D eigenvalue weighted by molar-refractivity contribution is 5.94. The molecule has 0 bridgehead atoms. The lowest BCUT2D eigenvalue weighted by molar-refractivity contribution is 0.0740. The summed E-state index contributed by atoms with van der Waals surface area (Å²) in [4.78, 5) is 32.3. The van der Waals surface area contributed by atoms with Crippen molar-refractivity contribution in [3.05, 3.63) is 66.1 Å². The van der Waals surface area contributed by atoms with Gasteiger partial charge in [0.15, 0.2) is 5.78 Å². The normalized spacial score (nSPS) is 14.2. The maximum Gasteiger partial charge on any atom is 0.272 e. The monoisotopic (exact) mass is 375 g/mol. The summed E-state index contributed by atoms with van der Waals surface area (Å²) in [5, 5.41) is 7.10. The van der Waals surface area contributed by atoms with Crippen molar-refractivity contribution < 1.29 is 9.59 Å². The summed E-state index contributed by atoms with van der Waals surface area (Å²) >= 11 is 0. The molecule has 0 radical (unpaired) electrons. The van der Waals surface area contributed by atoms with E-state index < -0.39 is 0 Å². The van der Waals surface area contributed by atoms with Gasteiger partial charge < -0.3 is 9.80 Å². The van der Waals surface area contributed by atoms with Gasteiger partial charge in [0.1, 0.15) is 5.69 Å². The average Bonchev–Trinajstić information content (AvgIpc) is 3.24. The molecule has 3 aromatic rings. The largest absolute Gasteiger partial charge is 0.368 e. The van der Waals surface area contributed by atoms with Gasteiger partial charge in [0.05, 0.1) is 5.69 Å². The SMILES string of the molecule is CC(=O)c1ccc(N2CCN(C(=O)c3cc(-c4ccncc4)n[nH]3)CC2)cc1. The topological polar surface area (TPSA) is 82.2 Å². The van der Waals surface area contributed by atoms with Gasteiger partial charge in [0, 0.05) is 55.4 Å². The summed E-state index contributed by atoms with van der Waals surface area (Å²) in [6.45, 7) is 4.33. The van der Waals surface area contributed by atoms with Gasteiger partial charge in [-0.3, -0.25) is 19.7 Å². The first-order chi connectivity index (χ1) is 13.6. The lowest BCUT2D eigenvalue weighted by Gasteiger charge is -2.36. The van der Waals surface area contributed by atoms with Crippen LogP contribution in [-0.2, 0) is 0 Å². The van der Waals surface area contributed by atoms with Gasteiger partial charge in [0.25, 0.3) is 5.91 Å². The fourth-order valence-corrected chi connectivity index (χ4v) is 3.35. The molecule has 0 atom stereocenters. The molecule has 2 aromatic heterocycles. The minimum atomic E-state index is -0.0422. The molecule has 1 aliphatic heterocycles. The average molecular weight is 375 g/mol. The van der Waals surface area contributed by atoms with Crippen molar-refractivity contribution in [2.45, 2.75) is 6.92 Å². The zero-order chi connectivity index (χ0) is 19.5. The smallest absolute Gasteiger partial charge is 0.272 e. The van der Waals surface area contributed by atoms with Crippen LogP contribution in [0.1, 0.15) is 27.8 Å². The molecule has 28 heavy (non-hydrogen) atoms. The molecular weight excluding hydrogens is 354 g/mol. The van der Waals surface area contributed by atoms with Gasteiger partial charge >= 0.3 is 0 Å². The number of amides is 1. The second-order valence-corrected chi connectivity index (χ2v) is 6.79. The van der Waals surface area contributed by atoms with E-state index in [1.54, 1.807) is 25.4 Å². The number of pyridine rings is 1. The number of aromatic amines is 1. The molecule has 4 rings (SSSR count). The highest BCUT2D eigenvalue weighted by Crippen LogP contribution is 2.20. The number of nitrogens with one attached hydrogen (secondary N) is 1. The highest BCUT2D eigenvalue weighted by atomic mass is 16.2. The van der Waals surface area contributed by atoms with Crippen LogP contribution in [0.2, 0.25) is 0 Å². The fraction of sp³-hybridized carbons (Fsp3) is 0.238. The van der Waals surface area contributed by atoms with Crippen LogP contribution in [0.15, 0.2) is 54.9 Å². The van der Waals surface area contributed by atoms with Crippen molar-refractivity contribution >= 4 is 17.4 Å². The Labute approximate surface area is 163 Å². The minimum absolute atomic E-state index is 0.0422. The van der Waals surface area contributed by atoms with Crippen LogP contribution in [0.3, 0.4) is 0 Å². The lowest BCUT2D eigenvalue weighted by atomic mass is 10.1. The number of carbonyl (C=O) groups excluding carboxylic acids is 2. The number of aromatic nitrogens is 3. The highest BCUT2D eigenvalue weighted by Gasteiger charge is 2.24. The summed E-state index contributed by atoms with van der Waals surface area (Å²) in [5.41, 5.74) is 3.92. The molecule has 0 unspecified atom stereocenters. The van der Waals surface area contributed by atoms with Crippen LogP contribution < -0.4 is 4.90 Å². The maximum absolute atomic E-state index is 12.8. The molecule has 7 nitrogen and oxygen atoms in total. The number of anilines is 1. The first-order valence-electron chi connectivity index (χ1n) is 9.23. The molecule has 142 valence electrons. The quantitative estimate of drug-likeness (QED) is 0.709. The number of benzene rings is 1. The fourth-order valence-electron chi connectivity index (χ4n) is 3.35. The molecule has 1 amide bonds. The standard InChI is InChI=1S/C21H21N5O2/c1-15(27)16-2-4-18(5-3-16)25-10-12-26(13-11-25)21(28)20-14-19(23-24-20)17-6-8-22-9-7-17/h2-9,14H,10-13H2,1H3,(H,23,24). The molecule has 0 aliphatic carbocycles. The number of hydrogen-bond acceptors (Lipinski definition) is 5. The van der Waals surface area contributed by atoms with E-state index in [1.807, 2.05) is 41.3 Å². The van der Waals surface area contributed by atoms with Crippen molar-refractivity contribution in [2.24, 2.45) is 0 Å². The molecule has 1 fully saturated rings. The van der Waals surface area contributed by atoms with Gasteiger partial charge in [0.2, 0.25) is 0 Å². The van der Waals surface area contributed by atoms with Crippen LogP contribution >= 0.6 is 0 Å². The van der Waals surface area contributed by atoms with E-state index in [9.17, 15) is 9.59 Å². The Morgan fingerprint density at radius 1 is 0.964 bits per heavy atom. The van der Waals surface area contributed by atoms with Crippen molar-refractivity contribution in [2.75, 3.05) is 31.1 Å². The summed E-state index contributed by atoms with van der Waals surface area (Å²) in [6, 6.07) is 13.1. The number of nitrogens with zero attached hydrogens (tertiary/aromatic N) is 4. The Morgan fingerprint density at radius 3 is 2.29 bits per heavy atom. The van der Waals surface area contributed by atoms with Crippen molar-refractivity contribution in [1.82, 2.24) is 20.1 Å². The third-order valence-corrected chi connectivity index (χ3v) is 4.99. The number of ketones is 1. The Hall–Kier alpha value is -3.48. The molecule has 7 heteroatoms. The van der Waals surface area contributed by atoms with Gasteiger partial charge in [-0.2, -0.15) is 5.10 Å². The third-order valence-electron chi connectivity index (χ3n) is 4.99.